The van der Waals surface area contributed by atoms with Crippen molar-refractivity contribution in [3.8, 4) is 0 Å². The van der Waals surface area contributed by atoms with Gasteiger partial charge in [0.25, 0.3) is 5.91 Å². The molecule has 2 N–H and O–H groups in total. The lowest BCUT2D eigenvalue weighted by atomic mass is 10.0. The van der Waals surface area contributed by atoms with Crippen LogP contribution >= 0.6 is 0 Å². The van der Waals surface area contributed by atoms with Gasteiger partial charge in [-0.25, -0.2) is 0 Å². The van der Waals surface area contributed by atoms with E-state index in [9.17, 15) is 4.79 Å². The van der Waals surface area contributed by atoms with Gasteiger partial charge in [-0.2, -0.15) is 0 Å². The molecule has 110 valence electrons. The van der Waals surface area contributed by atoms with E-state index in [1.807, 2.05) is 20.0 Å². The first-order chi connectivity index (χ1) is 9.70. The SMILES string of the molecule is CNc1cc(C)ncc1C(=O)NCCCC1CCCC1. The highest BCUT2D eigenvalue weighted by atomic mass is 16.1. The van der Waals surface area contributed by atoms with Crippen LogP contribution in [0.25, 0.3) is 0 Å². The van der Waals surface area contributed by atoms with Gasteiger partial charge in [-0.15, -0.1) is 0 Å². The van der Waals surface area contributed by atoms with E-state index in [1.54, 1.807) is 6.20 Å². The number of nitrogens with one attached hydrogen (secondary N) is 2. The zero-order valence-electron chi connectivity index (χ0n) is 12.5. The van der Waals surface area contributed by atoms with Crippen LogP contribution in [-0.2, 0) is 0 Å². The Morgan fingerprint density at radius 3 is 2.85 bits per heavy atom. The van der Waals surface area contributed by atoms with Gasteiger partial charge in [0.2, 0.25) is 0 Å². The summed E-state index contributed by atoms with van der Waals surface area (Å²) in [6.45, 7) is 2.68. The van der Waals surface area contributed by atoms with E-state index in [4.69, 9.17) is 0 Å². The Bertz CT molecular complexity index is 453. The summed E-state index contributed by atoms with van der Waals surface area (Å²) in [4.78, 5) is 16.3. The first-order valence-electron chi connectivity index (χ1n) is 7.63. The standard InChI is InChI=1S/C16H25N3O/c1-12-10-15(17-2)14(11-19-12)16(20)18-9-5-8-13-6-3-4-7-13/h10-11,13H,3-9H2,1-2H3,(H,17,19)(H,18,20). The fraction of sp³-hybridized carbons (Fsp3) is 0.625. The third kappa shape index (κ3) is 3.95. The Morgan fingerprint density at radius 2 is 2.15 bits per heavy atom. The van der Waals surface area contributed by atoms with Crippen LogP contribution in [0.4, 0.5) is 5.69 Å². The van der Waals surface area contributed by atoms with Crippen molar-refractivity contribution in [1.29, 1.82) is 0 Å². The number of nitrogens with zero attached hydrogens (tertiary/aromatic N) is 1. The van der Waals surface area contributed by atoms with Crippen LogP contribution < -0.4 is 10.6 Å². The molecule has 0 atom stereocenters. The predicted octanol–water partition coefficient (Wildman–Crippen LogP) is 3.13. The minimum absolute atomic E-state index is 0.0340. The van der Waals surface area contributed by atoms with E-state index in [0.29, 0.717) is 5.56 Å². The summed E-state index contributed by atoms with van der Waals surface area (Å²) in [6, 6.07) is 1.90. The molecule has 4 heteroatoms. The van der Waals surface area contributed by atoms with E-state index in [0.717, 1.165) is 30.3 Å². The van der Waals surface area contributed by atoms with Crippen LogP contribution in [0, 0.1) is 12.8 Å². The molecule has 0 bridgehead atoms. The zero-order chi connectivity index (χ0) is 14.4. The number of pyridine rings is 1. The van der Waals surface area contributed by atoms with Crippen LogP contribution in [0.5, 0.6) is 0 Å². The number of aryl methyl sites for hydroxylation is 1. The second-order valence-electron chi connectivity index (χ2n) is 5.67. The summed E-state index contributed by atoms with van der Waals surface area (Å²) >= 11 is 0. The Hall–Kier alpha value is -1.58. The molecule has 1 fully saturated rings. The fourth-order valence-electron chi connectivity index (χ4n) is 2.93. The molecule has 0 unspecified atom stereocenters. The molecule has 0 aliphatic heterocycles. The van der Waals surface area contributed by atoms with Crippen molar-refractivity contribution in [2.75, 3.05) is 18.9 Å². The molecule has 1 saturated carbocycles. The van der Waals surface area contributed by atoms with E-state index in [1.165, 1.54) is 32.1 Å². The highest BCUT2D eigenvalue weighted by Gasteiger charge is 2.15. The van der Waals surface area contributed by atoms with Crippen LogP contribution in [0.1, 0.15) is 54.6 Å². The van der Waals surface area contributed by atoms with Crippen molar-refractivity contribution >= 4 is 11.6 Å². The van der Waals surface area contributed by atoms with Crippen LogP contribution in [-0.4, -0.2) is 24.5 Å². The first kappa shape index (κ1) is 14.8. The second kappa shape index (κ2) is 7.27. The largest absolute Gasteiger partial charge is 0.387 e. The van der Waals surface area contributed by atoms with Crippen molar-refractivity contribution in [2.24, 2.45) is 5.92 Å². The highest BCUT2D eigenvalue weighted by molar-refractivity contribution is 5.99. The average Bonchev–Trinajstić information content (AvgIpc) is 2.96. The summed E-state index contributed by atoms with van der Waals surface area (Å²) < 4.78 is 0. The lowest BCUT2D eigenvalue weighted by Crippen LogP contribution is -2.25. The van der Waals surface area contributed by atoms with Gasteiger partial charge in [-0.05, 0) is 31.7 Å². The molecule has 0 saturated heterocycles. The zero-order valence-corrected chi connectivity index (χ0v) is 12.5. The summed E-state index contributed by atoms with van der Waals surface area (Å²) in [5.41, 5.74) is 2.37. The third-order valence-electron chi connectivity index (χ3n) is 4.10. The molecular weight excluding hydrogens is 250 g/mol. The third-order valence-corrected chi connectivity index (χ3v) is 4.10. The van der Waals surface area contributed by atoms with Crippen molar-refractivity contribution in [3.63, 3.8) is 0 Å². The molecule has 20 heavy (non-hydrogen) atoms. The summed E-state index contributed by atoms with van der Waals surface area (Å²) in [7, 11) is 1.83. The van der Waals surface area contributed by atoms with Gasteiger partial charge in [0.05, 0.1) is 11.3 Å². The molecule has 2 rings (SSSR count). The molecule has 0 spiro atoms. The second-order valence-corrected chi connectivity index (χ2v) is 5.67. The Labute approximate surface area is 121 Å². The molecule has 4 nitrogen and oxygen atoms in total. The Balaban J connectivity index is 1.79. The van der Waals surface area contributed by atoms with E-state index < -0.39 is 0 Å². The summed E-state index contributed by atoms with van der Waals surface area (Å²) in [5, 5.41) is 6.05. The molecule has 1 amide bonds. The maximum atomic E-state index is 12.1. The van der Waals surface area contributed by atoms with Crippen LogP contribution in [0.2, 0.25) is 0 Å². The molecule has 1 aliphatic rings. The van der Waals surface area contributed by atoms with Crippen molar-refractivity contribution < 1.29 is 4.79 Å². The fourth-order valence-corrected chi connectivity index (χ4v) is 2.93. The van der Waals surface area contributed by atoms with Gasteiger partial charge in [0, 0.05) is 25.5 Å². The van der Waals surface area contributed by atoms with Crippen molar-refractivity contribution in [3.05, 3.63) is 23.5 Å². The maximum Gasteiger partial charge on any atom is 0.254 e. The van der Waals surface area contributed by atoms with Gasteiger partial charge in [0.15, 0.2) is 0 Å². The number of amides is 1. The van der Waals surface area contributed by atoms with Gasteiger partial charge in [-0.3, -0.25) is 9.78 Å². The quantitative estimate of drug-likeness (QED) is 0.784. The molecule has 1 aromatic heterocycles. The van der Waals surface area contributed by atoms with Crippen LogP contribution in [0.3, 0.4) is 0 Å². The molecule has 0 radical (unpaired) electrons. The summed E-state index contributed by atoms with van der Waals surface area (Å²) in [6.07, 6.45) is 9.48. The van der Waals surface area contributed by atoms with E-state index >= 15 is 0 Å². The van der Waals surface area contributed by atoms with Gasteiger partial charge < -0.3 is 10.6 Å². The number of aromatic nitrogens is 1. The topological polar surface area (TPSA) is 54.0 Å². The van der Waals surface area contributed by atoms with E-state index in [-0.39, 0.29) is 5.91 Å². The van der Waals surface area contributed by atoms with Gasteiger partial charge >= 0.3 is 0 Å². The van der Waals surface area contributed by atoms with Crippen LogP contribution in [0.15, 0.2) is 12.3 Å². The highest BCUT2D eigenvalue weighted by Crippen LogP contribution is 2.28. The minimum Gasteiger partial charge on any atom is -0.387 e. The number of rotatable bonds is 6. The molecular formula is C16H25N3O. The number of hydrogen-bond donors (Lipinski definition) is 2. The normalized spacial score (nSPS) is 15.3. The van der Waals surface area contributed by atoms with E-state index in [2.05, 4.69) is 15.6 Å². The number of carbonyl (C=O) groups is 1. The smallest absolute Gasteiger partial charge is 0.254 e. The average molecular weight is 275 g/mol. The lowest BCUT2D eigenvalue weighted by Gasteiger charge is -2.11. The maximum absolute atomic E-state index is 12.1. The van der Waals surface area contributed by atoms with Gasteiger partial charge in [0.1, 0.15) is 0 Å². The molecule has 1 heterocycles. The predicted molar refractivity (Wildman–Crippen MR) is 82.0 cm³/mol. The van der Waals surface area contributed by atoms with Crippen molar-refractivity contribution in [2.45, 2.75) is 45.4 Å². The number of hydrogen-bond acceptors (Lipinski definition) is 3. The summed E-state index contributed by atoms with van der Waals surface area (Å²) in [5.74, 6) is 0.856. The first-order valence-corrected chi connectivity index (χ1v) is 7.63. The number of carbonyl (C=O) groups excluding carboxylic acids is 1. The molecule has 1 aromatic rings. The van der Waals surface area contributed by atoms with Gasteiger partial charge in [-0.1, -0.05) is 25.7 Å². The van der Waals surface area contributed by atoms with Crippen molar-refractivity contribution in [1.82, 2.24) is 10.3 Å². The Morgan fingerprint density at radius 1 is 1.40 bits per heavy atom. The number of anilines is 1. The monoisotopic (exact) mass is 275 g/mol. The molecule has 0 aromatic carbocycles. The molecule has 1 aliphatic carbocycles. The minimum atomic E-state index is -0.0340. The lowest BCUT2D eigenvalue weighted by molar-refractivity contribution is 0.0953. The Kier molecular flexibility index (Phi) is 5.39.